The van der Waals surface area contributed by atoms with Crippen LogP contribution >= 0.6 is 11.6 Å². The zero-order valence-electron chi connectivity index (χ0n) is 13.7. The maximum Gasteiger partial charge on any atom is 0.265 e. The summed E-state index contributed by atoms with van der Waals surface area (Å²) >= 11 is 6.02. The number of halogens is 1. The summed E-state index contributed by atoms with van der Waals surface area (Å²) < 4.78 is 11.2. The van der Waals surface area contributed by atoms with Crippen LogP contribution in [0, 0.1) is 0 Å². The Balaban J connectivity index is 1.49. The molecule has 1 fully saturated rings. The topological polar surface area (TPSA) is 50.8 Å². The fourth-order valence-electron chi connectivity index (χ4n) is 3.24. The van der Waals surface area contributed by atoms with Crippen molar-refractivity contribution in [1.82, 2.24) is 0 Å². The van der Waals surface area contributed by atoms with Crippen molar-refractivity contribution in [3.8, 4) is 5.75 Å². The van der Waals surface area contributed by atoms with E-state index in [4.69, 9.17) is 21.1 Å². The second-order valence-electron chi connectivity index (χ2n) is 6.17. The summed E-state index contributed by atoms with van der Waals surface area (Å²) in [6.07, 6.45) is -0.00670. The molecule has 0 aromatic heterocycles. The van der Waals surface area contributed by atoms with Crippen LogP contribution in [0.1, 0.15) is 5.56 Å². The van der Waals surface area contributed by atoms with Gasteiger partial charge in [-0.25, -0.2) is 0 Å². The standard InChI is InChI=1S/C19H19ClN2O3/c20-14-5-6-17-13(11-14)12-18(25-17)19(23)21-15-3-1-2-4-16(15)22-7-9-24-10-8-22/h1-6,11,18H,7-10,12H2,(H,21,23). The Morgan fingerprint density at radius 3 is 2.80 bits per heavy atom. The number of anilines is 2. The van der Waals surface area contributed by atoms with Gasteiger partial charge < -0.3 is 19.7 Å². The minimum atomic E-state index is -0.536. The zero-order valence-corrected chi connectivity index (χ0v) is 14.5. The number of hydrogen-bond acceptors (Lipinski definition) is 4. The molecule has 2 aliphatic heterocycles. The smallest absolute Gasteiger partial charge is 0.265 e. The zero-order chi connectivity index (χ0) is 17.2. The number of nitrogens with zero attached hydrogens (tertiary/aromatic N) is 1. The number of carbonyl (C=O) groups excluding carboxylic acids is 1. The summed E-state index contributed by atoms with van der Waals surface area (Å²) in [6, 6.07) is 13.3. The van der Waals surface area contributed by atoms with Crippen molar-refractivity contribution >= 4 is 28.9 Å². The minimum absolute atomic E-state index is 0.145. The highest BCUT2D eigenvalue weighted by Gasteiger charge is 2.30. The summed E-state index contributed by atoms with van der Waals surface area (Å²) in [5.74, 6) is 0.582. The molecule has 2 aromatic carbocycles. The third kappa shape index (κ3) is 3.43. The first kappa shape index (κ1) is 16.2. The van der Waals surface area contributed by atoms with E-state index >= 15 is 0 Å². The Hall–Kier alpha value is -2.24. The van der Waals surface area contributed by atoms with Gasteiger partial charge in [0, 0.05) is 24.5 Å². The number of rotatable bonds is 3. The van der Waals surface area contributed by atoms with Crippen molar-refractivity contribution in [3.63, 3.8) is 0 Å². The third-order valence-electron chi connectivity index (χ3n) is 4.50. The van der Waals surface area contributed by atoms with Crippen LogP contribution in [0.5, 0.6) is 5.75 Å². The molecule has 0 bridgehead atoms. The lowest BCUT2D eigenvalue weighted by molar-refractivity contribution is -0.122. The summed E-state index contributed by atoms with van der Waals surface area (Å²) in [4.78, 5) is 14.9. The summed E-state index contributed by atoms with van der Waals surface area (Å²) in [6.45, 7) is 3.03. The van der Waals surface area contributed by atoms with Crippen LogP contribution in [-0.4, -0.2) is 38.3 Å². The number of morpholine rings is 1. The number of benzene rings is 2. The highest BCUT2D eigenvalue weighted by Crippen LogP contribution is 2.32. The van der Waals surface area contributed by atoms with Crippen molar-refractivity contribution in [3.05, 3.63) is 53.1 Å². The molecule has 6 heteroatoms. The maximum absolute atomic E-state index is 12.7. The van der Waals surface area contributed by atoms with Gasteiger partial charge in [0.15, 0.2) is 6.10 Å². The van der Waals surface area contributed by atoms with Crippen LogP contribution in [0.25, 0.3) is 0 Å². The molecule has 1 saturated heterocycles. The van der Waals surface area contributed by atoms with Gasteiger partial charge in [-0.05, 0) is 35.9 Å². The van der Waals surface area contributed by atoms with Crippen molar-refractivity contribution in [1.29, 1.82) is 0 Å². The van der Waals surface area contributed by atoms with Gasteiger partial charge in [0.25, 0.3) is 5.91 Å². The largest absolute Gasteiger partial charge is 0.480 e. The number of ether oxygens (including phenoxy) is 2. The number of fused-ring (bicyclic) bond motifs is 1. The van der Waals surface area contributed by atoms with Crippen LogP contribution < -0.4 is 15.0 Å². The van der Waals surface area contributed by atoms with Gasteiger partial charge >= 0.3 is 0 Å². The molecular formula is C19H19ClN2O3. The Bertz CT molecular complexity index is 790. The van der Waals surface area contributed by atoms with Gasteiger partial charge in [0.05, 0.1) is 24.6 Å². The Kier molecular flexibility index (Phi) is 4.51. The van der Waals surface area contributed by atoms with Gasteiger partial charge in [0.1, 0.15) is 5.75 Å². The number of carbonyl (C=O) groups is 1. The first-order chi connectivity index (χ1) is 12.2. The molecule has 2 aliphatic rings. The normalized spacial score (nSPS) is 19.2. The minimum Gasteiger partial charge on any atom is -0.480 e. The number of para-hydroxylation sites is 2. The molecule has 5 nitrogen and oxygen atoms in total. The highest BCUT2D eigenvalue weighted by atomic mass is 35.5. The van der Waals surface area contributed by atoms with Gasteiger partial charge in [-0.3, -0.25) is 4.79 Å². The average molecular weight is 359 g/mol. The molecule has 0 radical (unpaired) electrons. The van der Waals surface area contributed by atoms with Crippen LogP contribution in [-0.2, 0) is 16.0 Å². The second-order valence-corrected chi connectivity index (χ2v) is 6.60. The average Bonchev–Trinajstić information content (AvgIpc) is 3.06. The summed E-state index contributed by atoms with van der Waals surface area (Å²) in [7, 11) is 0. The van der Waals surface area contributed by atoms with Crippen molar-refractivity contribution in [2.45, 2.75) is 12.5 Å². The third-order valence-corrected chi connectivity index (χ3v) is 4.74. The van der Waals surface area contributed by atoms with E-state index in [1.165, 1.54) is 0 Å². The molecule has 1 unspecified atom stereocenters. The Morgan fingerprint density at radius 1 is 1.16 bits per heavy atom. The summed E-state index contributed by atoms with van der Waals surface area (Å²) in [5.41, 5.74) is 2.78. The summed E-state index contributed by atoms with van der Waals surface area (Å²) in [5, 5.41) is 3.67. The molecule has 4 rings (SSSR count). The molecule has 25 heavy (non-hydrogen) atoms. The molecule has 0 spiro atoms. The van der Waals surface area contributed by atoms with E-state index in [1.54, 1.807) is 6.07 Å². The van der Waals surface area contributed by atoms with Crippen LogP contribution in [0.15, 0.2) is 42.5 Å². The lowest BCUT2D eigenvalue weighted by Gasteiger charge is -2.30. The molecule has 0 saturated carbocycles. The van der Waals surface area contributed by atoms with E-state index < -0.39 is 6.10 Å². The lowest BCUT2D eigenvalue weighted by Crippen LogP contribution is -2.37. The Labute approximate surface area is 151 Å². The first-order valence-electron chi connectivity index (χ1n) is 8.38. The maximum atomic E-state index is 12.7. The Morgan fingerprint density at radius 2 is 1.96 bits per heavy atom. The van der Waals surface area contributed by atoms with Crippen LogP contribution in [0.4, 0.5) is 11.4 Å². The van der Waals surface area contributed by atoms with E-state index in [2.05, 4.69) is 10.2 Å². The van der Waals surface area contributed by atoms with Crippen LogP contribution in [0.2, 0.25) is 5.02 Å². The fourth-order valence-corrected chi connectivity index (χ4v) is 3.43. The van der Waals surface area contributed by atoms with E-state index in [0.717, 1.165) is 35.8 Å². The predicted molar refractivity (Wildman–Crippen MR) is 97.7 cm³/mol. The van der Waals surface area contributed by atoms with Gasteiger partial charge in [0.2, 0.25) is 0 Å². The van der Waals surface area contributed by atoms with E-state index in [1.807, 2.05) is 36.4 Å². The van der Waals surface area contributed by atoms with Crippen LogP contribution in [0.3, 0.4) is 0 Å². The van der Waals surface area contributed by atoms with Crippen molar-refractivity contribution in [2.24, 2.45) is 0 Å². The van der Waals surface area contributed by atoms with E-state index in [-0.39, 0.29) is 5.91 Å². The number of hydrogen-bond donors (Lipinski definition) is 1. The van der Waals surface area contributed by atoms with Gasteiger partial charge in [-0.1, -0.05) is 23.7 Å². The fraction of sp³-hybridized carbons (Fsp3) is 0.316. The van der Waals surface area contributed by atoms with Gasteiger partial charge in [-0.2, -0.15) is 0 Å². The highest BCUT2D eigenvalue weighted by molar-refractivity contribution is 6.30. The molecule has 2 aromatic rings. The van der Waals surface area contributed by atoms with Gasteiger partial charge in [-0.15, -0.1) is 0 Å². The number of amides is 1. The molecular weight excluding hydrogens is 340 g/mol. The van der Waals surface area contributed by atoms with Crippen molar-refractivity contribution < 1.29 is 14.3 Å². The molecule has 1 amide bonds. The monoisotopic (exact) mass is 358 g/mol. The first-order valence-corrected chi connectivity index (χ1v) is 8.76. The van der Waals surface area contributed by atoms with E-state index in [0.29, 0.717) is 24.7 Å². The molecule has 1 atom stereocenters. The quantitative estimate of drug-likeness (QED) is 0.916. The molecule has 2 heterocycles. The predicted octanol–water partition coefficient (Wildman–Crippen LogP) is 3.12. The van der Waals surface area contributed by atoms with Crippen molar-refractivity contribution in [2.75, 3.05) is 36.5 Å². The molecule has 130 valence electrons. The second kappa shape index (κ2) is 6.94. The van der Waals surface area contributed by atoms with E-state index in [9.17, 15) is 4.79 Å². The SMILES string of the molecule is O=C(Nc1ccccc1N1CCOCC1)C1Cc2cc(Cl)ccc2O1. The number of nitrogens with one attached hydrogen (secondary N) is 1. The molecule has 1 N–H and O–H groups in total. The molecule has 0 aliphatic carbocycles. The lowest BCUT2D eigenvalue weighted by atomic mass is 10.1.